The van der Waals surface area contributed by atoms with Crippen molar-refractivity contribution < 1.29 is 19.1 Å². The number of carbonyl (C=O) groups excluding carboxylic acids is 2. The maximum absolute atomic E-state index is 12.2. The summed E-state index contributed by atoms with van der Waals surface area (Å²) in [6, 6.07) is 6.69. The van der Waals surface area contributed by atoms with Crippen LogP contribution < -0.4 is 10.1 Å². The summed E-state index contributed by atoms with van der Waals surface area (Å²) in [6.45, 7) is 9.62. The molecule has 0 aliphatic carbocycles. The van der Waals surface area contributed by atoms with Gasteiger partial charge in [-0.05, 0) is 37.1 Å². The van der Waals surface area contributed by atoms with E-state index in [0.29, 0.717) is 23.6 Å². The van der Waals surface area contributed by atoms with E-state index in [4.69, 9.17) is 9.47 Å². The summed E-state index contributed by atoms with van der Waals surface area (Å²) in [5.41, 5.74) is 0.808. The number of benzene rings is 1. The first-order valence-corrected chi connectivity index (χ1v) is 7.21. The second kappa shape index (κ2) is 8.22. The van der Waals surface area contributed by atoms with Crippen molar-refractivity contribution >= 4 is 11.9 Å². The van der Waals surface area contributed by atoms with Crippen molar-refractivity contribution in [3.63, 3.8) is 0 Å². The molecule has 0 aromatic heterocycles. The standard InChI is InChI=1S/C17H23NO4/c1-6-22-17(20)15(11(2)3)12(4)18-16(19)13-7-9-14(21-5)10-8-13/h7-11,15H,4,6H2,1-3,5H3,(H,18,19). The van der Waals surface area contributed by atoms with Crippen molar-refractivity contribution in [3.05, 3.63) is 42.1 Å². The molecular formula is C17H23NO4. The average Bonchev–Trinajstić information content (AvgIpc) is 2.47. The predicted molar refractivity (Wildman–Crippen MR) is 84.6 cm³/mol. The molecule has 5 heteroatoms. The summed E-state index contributed by atoms with van der Waals surface area (Å²) in [6.07, 6.45) is 0. The highest BCUT2D eigenvalue weighted by molar-refractivity contribution is 5.96. The summed E-state index contributed by atoms with van der Waals surface area (Å²) in [5.74, 6) is -0.619. The fraction of sp³-hybridized carbons (Fsp3) is 0.412. The van der Waals surface area contributed by atoms with E-state index in [1.54, 1.807) is 38.3 Å². The van der Waals surface area contributed by atoms with Crippen LogP contribution in [0.3, 0.4) is 0 Å². The number of hydrogen-bond donors (Lipinski definition) is 1. The highest BCUT2D eigenvalue weighted by atomic mass is 16.5. The molecule has 1 atom stereocenters. The quantitative estimate of drug-likeness (QED) is 0.787. The Labute approximate surface area is 131 Å². The molecule has 0 spiro atoms. The number of carbonyl (C=O) groups is 2. The van der Waals surface area contributed by atoms with Crippen LogP contribution in [-0.2, 0) is 9.53 Å². The Kier molecular flexibility index (Phi) is 6.63. The van der Waals surface area contributed by atoms with E-state index in [0.717, 1.165) is 0 Å². The van der Waals surface area contributed by atoms with Gasteiger partial charge >= 0.3 is 5.97 Å². The summed E-state index contributed by atoms with van der Waals surface area (Å²) < 4.78 is 10.1. The molecule has 0 saturated carbocycles. The highest BCUT2D eigenvalue weighted by Crippen LogP contribution is 2.20. The van der Waals surface area contributed by atoms with E-state index in [1.807, 2.05) is 13.8 Å². The third-order valence-corrected chi connectivity index (χ3v) is 3.21. The van der Waals surface area contributed by atoms with Gasteiger partial charge in [0, 0.05) is 11.3 Å². The van der Waals surface area contributed by atoms with Gasteiger partial charge in [-0.1, -0.05) is 20.4 Å². The Balaban J connectivity index is 2.79. The topological polar surface area (TPSA) is 64.6 Å². The number of nitrogens with one attached hydrogen (secondary N) is 1. The average molecular weight is 305 g/mol. The second-order valence-corrected chi connectivity index (χ2v) is 5.18. The third kappa shape index (κ3) is 4.62. The van der Waals surface area contributed by atoms with Crippen molar-refractivity contribution in [2.75, 3.05) is 13.7 Å². The lowest BCUT2D eigenvalue weighted by Crippen LogP contribution is -2.34. The van der Waals surface area contributed by atoms with Gasteiger partial charge in [-0.15, -0.1) is 0 Å². The van der Waals surface area contributed by atoms with Gasteiger partial charge in [0.25, 0.3) is 5.91 Å². The maximum Gasteiger partial charge on any atom is 0.315 e. The van der Waals surface area contributed by atoms with Crippen LogP contribution in [0.4, 0.5) is 0 Å². The first-order valence-electron chi connectivity index (χ1n) is 7.21. The number of amides is 1. The van der Waals surface area contributed by atoms with E-state index in [2.05, 4.69) is 11.9 Å². The van der Waals surface area contributed by atoms with Crippen LogP contribution in [0.25, 0.3) is 0 Å². The van der Waals surface area contributed by atoms with Crippen molar-refractivity contribution in [1.29, 1.82) is 0 Å². The molecule has 0 fully saturated rings. The maximum atomic E-state index is 12.2. The SMILES string of the molecule is C=C(NC(=O)c1ccc(OC)cc1)C(C(=O)OCC)C(C)C. The normalized spacial score (nSPS) is 11.7. The molecule has 1 rings (SSSR count). The molecule has 0 saturated heterocycles. The summed E-state index contributed by atoms with van der Waals surface area (Å²) in [7, 11) is 1.56. The Morgan fingerprint density at radius 2 is 1.82 bits per heavy atom. The van der Waals surface area contributed by atoms with Crippen molar-refractivity contribution in [2.45, 2.75) is 20.8 Å². The van der Waals surface area contributed by atoms with Gasteiger partial charge in [-0.2, -0.15) is 0 Å². The molecule has 0 aliphatic rings. The van der Waals surface area contributed by atoms with Crippen LogP contribution in [0.2, 0.25) is 0 Å². The minimum absolute atomic E-state index is 0.0253. The van der Waals surface area contributed by atoms with Gasteiger partial charge < -0.3 is 14.8 Å². The van der Waals surface area contributed by atoms with Crippen molar-refractivity contribution in [1.82, 2.24) is 5.32 Å². The molecule has 0 heterocycles. The molecule has 1 aromatic carbocycles. The largest absolute Gasteiger partial charge is 0.497 e. The molecule has 1 unspecified atom stereocenters. The number of hydrogen-bond acceptors (Lipinski definition) is 4. The summed E-state index contributed by atoms with van der Waals surface area (Å²) >= 11 is 0. The third-order valence-electron chi connectivity index (χ3n) is 3.21. The van der Waals surface area contributed by atoms with E-state index in [9.17, 15) is 9.59 Å². The first-order chi connectivity index (χ1) is 10.4. The first kappa shape index (κ1) is 17.8. The highest BCUT2D eigenvalue weighted by Gasteiger charge is 2.27. The number of methoxy groups -OCH3 is 1. The molecule has 22 heavy (non-hydrogen) atoms. The van der Waals surface area contributed by atoms with Crippen LogP contribution in [0.1, 0.15) is 31.1 Å². The molecule has 1 aromatic rings. The lowest BCUT2D eigenvalue weighted by molar-refractivity contribution is -0.148. The van der Waals surface area contributed by atoms with Crippen LogP contribution in [-0.4, -0.2) is 25.6 Å². The lowest BCUT2D eigenvalue weighted by atomic mass is 9.93. The van der Waals surface area contributed by atoms with Crippen LogP contribution in [0.5, 0.6) is 5.75 Å². The summed E-state index contributed by atoms with van der Waals surface area (Å²) in [5, 5.41) is 2.68. The van der Waals surface area contributed by atoms with Crippen molar-refractivity contribution in [2.24, 2.45) is 11.8 Å². The zero-order valence-electron chi connectivity index (χ0n) is 13.5. The molecule has 1 N–H and O–H groups in total. The van der Waals surface area contributed by atoms with Gasteiger partial charge in [0.1, 0.15) is 5.75 Å². The van der Waals surface area contributed by atoms with Gasteiger partial charge in [0.2, 0.25) is 0 Å². The molecule has 120 valence electrons. The van der Waals surface area contributed by atoms with E-state index < -0.39 is 5.92 Å². The molecule has 0 bridgehead atoms. The molecular weight excluding hydrogens is 282 g/mol. The van der Waals surface area contributed by atoms with Gasteiger partial charge in [0.15, 0.2) is 0 Å². The van der Waals surface area contributed by atoms with E-state index >= 15 is 0 Å². The number of rotatable bonds is 7. The molecule has 1 amide bonds. The van der Waals surface area contributed by atoms with Gasteiger partial charge in [0.05, 0.1) is 19.6 Å². The van der Waals surface area contributed by atoms with Crippen LogP contribution in [0.15, 0.2) is 36.5 Å². The van der Waals surface area contributed by atoms with Crippen LogP contribution >= 0.6 is 0 Å². The Morgan fingerprint density at radius 3 is 2.27 bits per heavy atom. The van der Waals surface area contributed by atoms with Crippen LogP contribution in [0, 0.1) is 11.8 Å². The minimum Gasteiger partial charge on any atom is -0.497 e. The monoisotopic (exact) mass is 305 g/mol. The minimum atomic E-state index is -0.567. The van der Waals surface area contributed by atoms with E-state index in [1.165, 1.54) is 0 Å². The molecule has 0 radical (unpaired) electrons. The fourth-order valence-corrected chi connectivity index (χ4v) is 2.09. The number of ether oxygens (including phenoxy) is 2. The van der Waals surface area contributed by atoms with E-state index in [-0.39, 0.29) is 17.8 Å². The predicted octanol–water partition coefficient (Wildman–Crippen LogP) is 2.77. The number of esters is 1. The smallest absolute Gasteiger partial charge is 0.315 e. The molecule has 5 nitrogen and oxygen atoms in total. The Morgan fingerprint density at radius 1 is 1.23 bits per heavy atom. The summed E-state index contributed by atoms with van der Waals surface area (Å²) in [4.78, 5) is 24.2. The lowest BCUT2D eigenvalue weighted by Gasteiger charge is -2.22. The second-order valence-electron chi connectivity index (χ2n) is 5.18. The Hall–Kier alpha value is -2.30. The van der Waals surface area contributed by atoms with Crippen molar-refractivity contribution in [3.8, 4) is 5.75 Å². The fourth-order valence-electron chi connectivity index (χ4n) is 2.09. The van der Waals surface area contributed by atoms with Gasteiger partial charge in [-0.25, -0.2) is 0 Å². The zero-order valence-corrected chi connectivity index (χ0v) is 13.5. The Bertz CT molecular complexity index is 534. The molecule has 0 aliphatic heterocycles. The zero-order chi connectivity index (χ0) is 16.7. The van der Waals surface area contributed by atoms with Gasteiger partial charge in [-0.3, -0.25) is 9.59 Å².